The van der Waals surface area contributed by atoms with Gasteiger partial charge in [-0.1, -0.05) is 25.1 Å². The summed E-state index contributed by atoms with van der Waals surface area (Å²) in [6.45, 7) is 4.02. The third-order valence-corrected chi connectivity index (χ3v) is 3.05. The largest absolute Gasteiger partial charge is 0.396 e. The lowest BCUT2D eigenvalue weighted by Gasteiger charge is -2.12. The number of benzene rings is 1. The lowest BCUT2D eigenvalue weighted by Crippen LogP contribution is -2.16. The van der Waals surface area contributed by atoms with Crippen LogP contribution in [0.15, 0.2) is 24.4 Å². The summed E-state index contributed by atoms with van der Waals surface area (Å²) in [6, 6.07) is 5.96. The minimum atomic E-state index is -0.276. The minimum Gasteiger partial charge on any atom is -0.396 e. The Balaban J connectivity index is 2.31. The number of amides is 1. The summed E-state index contributed by atoms with van der Waals surface area (Å²) in [4.78, 5) is 12.2. The van der Waals surface area contributed by atoms with E-state index in [0.717, 1.165) is 23.2 Å². The van der Waals surface area contributed by atoms with Crippen LogP contribution in [0.25, 0.3) is 0 Å². The number of hydrogen-bond donors (Lipinski definition) is 2. The van der Waals surface area contributed by atoms with Crippen LogP contribution in [0, 0.1) is 6.92 Å². The number of rotatable bonds is 3. The van der Waals surface area contributed by atoms with Crippen LogP contribution in [-0.2, 0) is 13.5 Å². The zero-order valence-corrected chi connectivity index (χ0v) is 11.4. The van der Waals surface area contributed by atoms with E-state index >= 15 is 0 Å². The summed E-state index contributed by atoms with van der Waals surface area (Å²) in [6.07, 6.45) is 2.47. The maximum absolute atomic E-state index is 12.2. The van der Waals surface area contributed by atoms with E-state index in [1.807, 2.05) is 25.1 Å². The second-order valence-electron chi connectivity index (χ2n) is 4.52. The lowest BCUT2D eigenvalue weighted by molar-refractivity contribution is 0.102. The SMILES string of the molecule is CCc1cccc(C)c1NC(=O)c1nn(C)cc1N. The van der Waals surface area contributed by atoms with E-state index in [0.29, 0.717) is 5.69 Å². The molecule has 5 nitrogen and oxygen atoms in total. The van der Waals surface area contributed by atoms with Crippen molar-refractivity contribution in [3.8, 4) is 0 Å². The Bertz CT molecular complexity index is 616. The number of nitrogens with one attached hydrogen (secondary N) is 1. The molecule has 19 heavy (non-hydrogen) atoms. The molecule has 1 aromatic heterocycles. The first-order valence-corrected chi connectivity index (χ1v) is 6.22. The monoisotopic (exact) mass is 258 g/mol. The number of hydrogen-bond acceptors (Lipinski definition) is 3. The van der Waals surface area contributed by atoms with Crippen LogP contribution in [0.4, 0.5) is 11.4 Å². The smallest absolute Gasteiger partial charge is 0.278 e. The first-order valence-electron chi connectivity index (χ1n) is 6.22. The summed E-state index contributed by atoms with van der Waals surface area (Å²) < 4.78 is 1.53. The van der Waals surface area contributed by atoms with Gasteiger partial charge in [0.1, 0.15) is 0 Å². The molecule has 0 aliphatic heterocycles. The Hall–Kier alpha value is -2.30. The minimum absolute atomic E-state index is 0.257. The Morgan fingerprint density at radius 1 is 1.47 bits per heavy atom. The number of nitrogens with zero attached hydrogens (tertiary/aromatic N) is 2. The van der Waals surface area contributed by atoms with E-state index in [1.165, 1.54) is 4.68 Å². The number of aryl methyl sites for hydroxylation is 3. The van der Waals surface area contributed by atoms with Crippen molar-refractivity contribution in [2.75, 3.05) is 11.1 Å². The van der Waals surface area contributed by atoms with E-state index in [4.69, 9.17) is 5.73 Å². The molecular weight excluding hydrogens is 240 g/mol. The molecule has 0 unspecified atom stereocenters. The Kier molecular flexibility index (Phi) is 3.55. The zero-order chi connectivity index (χ0) is 14.0. The molecule has 0 saturated heterocycles. The van der Waals surface area contributed by atoms with Gasteiger partial charge in [0.05, 0.1) is 5.69 Å². The average Bonchev–Trinajstić information content (AvgIpc) is 2.71. The van der Waals surface area contributed by atoms with Crippen LogP contribution in [0.3, 0.4) is 0 Å². The number of carbonyl (C=O) groups is 1. The standard InChI is InChI=1S/C14H18N4O/c1-4-10-7-5-6-9(2)12(10)16-14(19)13-11(15)8-18(3)17-13/h5-8H,4,15H2,1-3H3,(H,16,19). The first kappa shape index (κ1) is 13.1. The van der Waals surface area contributed by atoms with Gasteiger partial charge in [0, 0.05) is 18.9 Å². The maximum atomic E-state index is 12.2. The molecule has 0 fully saturated rings. The molecule has 3 N–H and O–H groups in total. The maximum Gasteiger partial charge on any atom is 0.278 e. The van der Waals surface area contributed by atoms with Crippen LogP contribution in [0.1, 0.15) is 28.5 Å². The molecule has 5 heteroatoms. The van der Waals surface area contributed by atoms with Crippen molar-refractivity contribution < 1.29 is 4.79 Å². The summed E-state index contributed by atoms with van der Waals surface area (Å²) in [7, 11) is 1.73. The molecule has 2 rings (SSSR count). The second kappa shape index (κ2) is 5.14. The van der Waals surface area contributed by atoms with Gasteiger partial charge >= 0.3 is 0 Å². The van der Waals surface area contributed by atoms with Crippen LogP contribution in [0.2, 0.25) is 0 Å². The fraction of sp³-hybridized carbons (Fsp3) is 0.286. The van der Waals surface area contributed by atoms with Gasteiger partial charge in [-0.25, -0.2) is 0 Å². The molecule has 0 spiro atoms. The summed E-state index contributed by atoms with van der Waals surface area (Å²) >= 11 is 0. The third kappa shape index (κ3) is 2.59. The second-order valence-corrected chi connectivity index (χ2v) is 4.52. The summed E-state index contributed by atoms with van der Waals surface area (Å²) in [5, 5.41) is 6.98. The van der Waals surface area contributed by atoms with Crippen molar-refractivity contribution >= 4 is 17.3 Å². The highest BCUT2D eigenvalue weighted by atomic mass is 16.2. The number of carbonyl (C=O) groups excluding carboxylic acids is 1. The van der Waals surface area contributed by atoms with Gasteiger partial charge < -0.3 is 11.1 Å². The quantitative estimate of drug-likeness (QED) is 0.885. The number of aromatic nitrogens is 2. The van der Waals surface area contributed by atoms with E-state index in [1.54, 1.807) is 13.2 Å². The van der Waals surface area contributed by atoms with Gasteiger partial charge in [0.2, 0.25) is 0 Å². The van der Waals surface area contributed by atoms with Crippen LogP contribution in [-0.4, -0.2) is 15.7 Å². The van der Waals surface area contributed by atoms with E-state index in [2.05, 4.69) is 17.3 Å². The highest BCUT2D eigenvalue weighted by molar-refractivity contribution is 6.06. The third-order valence-electron chi connectivity index (χ3n) is 3.05. The predicted octanol–water partition coefficient (Wildman–Crippen LogP) is 2.13. The summed E-state index contributed by atoms with van der Waals surface area (Å²) in [5.41, 5.74) is 9.38. The molecule has 0 aliphatic rings. The lowest BCUT2D eigenvalue weighted by atomic mass is 10.1. The van der Waals surface area contributed by atoms with Gasteiger partial charge in [0.25, 0.3) is 5.91 Å². The molecule has 1 amide bonds. The predicted molar refractivity (Wildman–Crippen MR) is 76.1 cm³/mol. The van der Waals surface area contributed by atoms with Crippen molar-refractivity contribution in [1.82, 2.24) is 9.78 Å². The fourth-order valence-corrected chi connectivity index (χ4v) is 2.06. The molecular formula is C14H18N4O. The number of para-hydroxylation sites is 1. The summed E-state index contributed by atoms with van der Waals surface area (Å²) in [5.74, 6) is -0.276. The van der Waals surface area contributed by atoms with Gasteiger partial charge in [-0.05, 0) is 24.5 Å². The number of nitrogens with two attached hydrogens (primary N) is 1. The fourth-order valence-electron chi connectivity index (χ4n) is 2.06. The average molecular weight is 258 g/mol. The van der Waals surface area contributed by atoms with Gasteiger partial charge in [0.15, 0.2) is 5.69 Å². The topological polar surface area (TPSA) is 72.9 Å². The molecule has 1 aromatic carbocycles. The zero-order valence-electron chi connectivity index (χ0n) is 11.4. The van der Waals surface area contributed by atoms with Crippen molar-refractivity contribution in [2.45, 2.75) is 20.3 Å². The first-order chi connectivity index (χ1) is 9.02. The molecule has 0 aliphatic carbocycles. The Morgan fingerprint density at radius 2 is 2.21 bits per heavy atom. The van der Waals surface area contributed by atoms with Crippen LogP contribution in [0.5, 0.6) is 0 Å². The van der Waals surface area contributed by atoms with Crippen molar-refractivity contribution in [2.24, 2.45) is 7.05 Å². The van der Waals surface area contributed by atoms with Gasteiger partial charge in [-0.15, -0.1) is 0 Å². The van der Waals surface area contributed by atoms with E-state index in [-0.39, 0.29) is 11.6 Å². The van der Waals surface area contributed by atoms with Gasteiger partial charge in [-0.3, -0.25) is 9.48 Å². The molecule has 0 radical (unpaired) electrons. The van der Waals surface area contributed by atoms with E-state index < -0.39 is 0 Å². The van der Waals surface area contributed by atoms with Crippen LogP contribution < -0.4 is 11.1 Å². The van der Waals surface area contributed by atoms with Gasteiger partial charge in [-0.2, -0.15) is 5.10 Å². The highest BCUT2D eigenvalue weighted by Crippen LogP contribution is 2.22. The molecule has 0 saturated carbocycles. The Labute approximate surface area is 112 Å². The van der Waals surface area contributed by atoms with Crippen LogP contribution >= 0.6 is 0 Å². The van der Waals surface area contributed by atoms with Crippen molar-refractivity contribution in [3.05, 3.63) is 41.2 Å². The number of nitrogen functional groups attached to an aromatic ring is 1. The van der Waals surface area contributed by atoms with Crippen molar-refractivity contribution in [3.63, 3.8) is 0 Å². The normalized spacial score (nSPS) is 10.5. The highest BCUT2D eigenvalue weighted by Gasteiger charge is 2.16. The molecule has 1 heterocycles. The number of anilines is 2. The molecule has 2 aromatic rings. The van der Waals surface area contributed by atoms with Crippen molar-refractivity contribution in [1.29, 1.82) is 0 Å². The molecule has 0 bridgehead atoms. The molecule has 0 atom stereocenters. The molecule has 100 valence electrons. The Morgan fingerprint density at radius 3 is 2.79 bits per heavy atom. The van der Waals surface area contributed by atoms with E-state index in [9.17, 15) is 4.79 Å².